The minimum absolute atomic E-state index is 0.00629. The predicted octanol–water partition coefficient (Wildman–Crippen LogP) is 4.99. The fraction of sp³-hybridized carbons (Fsp3) is 0.500. The normalized spacial score (nSPS) is 19.3. The van der Waals surface area contributed by atoms with Gasteiger partial charge >= 0.3 is 13.3 Å². The monoisotopic (exact) mass is 473 g/mol. The highest BCUT2D eigenvalue weighted by Gasteiger charge is 2.52. The molecule has 4 rings (SSSR count). The van der Waals surface area contributed by atoms with E-state index in [1.54, 1.807) is 4.90 Å². The number of halogens is 3. The van der Waals surface area contributed by atoms with Gasteiger partial charge in [-0.05, 0) is 69.6 Å². The Hall–Kier alpha value is -2.32. The van der Waals surface area contributed by atoms with Crippen molar-refractivity contribution in [2.75, 3.05) is 6.54 Å². The Morgan fingerprint density at radius 2 is 1.65 bits per heavy atom. The highest BCUT2D eigenvalue weighted by atomic mass is 19.4. The molecular weight excluding hydrogens is 442 g/mol. The molecule has 182 valence electrons. The molecule has 1 saturated heterocycles. The van der Waals surface area contributed by atoms with Crippen LogP contribution in [0.4, 0.5) is 13.2 Å². The lowest BCUT2D eigenvalue weighted by atomic mass is 9.75. The molecule has 0 unspecified atom stereocenters. The van der Waals surface area contributed by atoms with E-state index < -0.39 is 30.1 Å². The van der Waals surface area contributed by atoms with Crippen molar-refractivity contribution in [1.29, 1.82) is 0 Å². The van der Waals surface area contributed by atoms with E-state index >= 15 is 0 Å². The number of nitrogens with zero attached hydrogens (tertiary/aromatic N) is 1. The SMILES string of the molecule is CC1(C)OB(c2ccc(C(F)(F)F)cc2CN(CCc2ccccc2)C(=O)C2CC2)OC1(C)C. The Balaban J connectivity index is 1.65. The van der Waals surface area contributed by atoms with Crippen LogP contribution in [0, 0.1) is 5.92 Å². The van der Waals surface area contributed by atoms with Crippen molar-refractivity contribution in [3.8, 4) is 0 Å². The summed E-state index contributed by atoms with van der Waals surface area (Å²) in [6.07, 6.45) is -2.21. The predicted molar refractivity (Wildman–Crippen MR) is 125 cm³/mol. The van der Waals surface area contributed by atoms with Crippen molar-refractivity contribution in [2.24, 2.45) is 5.92 Å². The van der Waals surface area contributed by atoms with Crippen molar-refractivity contribution in [2.45, 2.75) is 70.9 Å². The standard InChI is InChI=1S/C26H31BF3NO3/c1-24(2)25(3,4)34-27(33-24)22-13-12-21(26(28,29)30)16-20(22)17-31(23(32)19-10-11-19)15-14-18-8-6-5-7-9-18/h5-9,12-13,16,19H,10-11,14-15,17H2,1-4H3. The van der Waals surface area contributed by atoms with Gasteiger partial charge < -0.3 is 14.2 Å². The lowest BCUT2D eigenvalue weighted by molar-refractivity contribution is -0.137. The molecule has 1 aliphatic carbocycles. The fourth-order valence-corrected chi connectivity index (χ4v) is 4.09. The van der Waals surface area contributed by atoms with Gasteiger partial charge in [-0.3, -0.25) is 4.79 Å². The van der Waals surface area contributed by atoms with Gasteiger partial charge in [-0.2, -0.15) is 13.2 Å². The van der Waals surface area contributed by atoms with Crippen LogP contribution in [0.15, 0.2) is 48.5 Å². The van der Waals surface area contributed by atoms with Crippen molar-refractivity contribution in [3.05, 3.63) is 65.2 Å². The maximum Gasteiger partial charge on any atom is 0.495 e. The van der Waals surface area contributed by atoms with Crippen LogP contribution in [0.5, 0.6) is 0 Å². The van der Waals surface area contributed by atoms with Crippen LogP contribution in [0.3, 0.4) is 0 Å². The summed E-state index contributed by atoms with van der Waals surface area (Å²) < 4.78 is 53.0. The van der Waals surface area contributed by atoms with Crippen LogP contribution in [0.2, 0.25) is 0 Å². The molecule has 1 aliphatic heterocycles. The van der Waals surface area contributed by atoms with E-state index in [1.165, 1.54) is 6.07 Å². The Morgan fingerprint density at radius 3 is 2.21 bits per heavy atom. The lowest BCUT2D eigenvalue weighted by Gasteiger charge is -2.32. The smallest absolute Gasteiger partial charge is 0.399 e. The first-order valence-electron chi connectivity index (χ1n) is 11.8. The Labute approximate surface area is 199 Å². The number of hydrogen-bond acceptors (Lipinski definition) is 3. The Morgan fingerprint density at radius 1 is 1.03 bits per heavy atom. The van der Waals surface area contributed by atoms with E-state index in [-0.39, 0.29) is 18.4 Å². The molecular formula is C26H31BF3NO3. The van der Waals surface area contributed by atoms with Crippen molar-refractivity contribution < 1.29 is 27.3 Å². The Bertz CT molecular complexity index is 1020. The van der Waals surface area contributed by atoms with E-state index in [2.05, 4.69) is 0 Å². The zero-order chi connectivity index (χ0) is 24.7. The summed E-state index contributed by atoms with van der Waals surface area (Å²) in [5.74, 6) is -0.0462. The zero-order valence-corrected chi connectivity index (χ0v) is 20.1. The van der Waals surface area contributed by atoms with Crippen LogP contribution in [-0.4, -0.2) is 35.7 Å². The number of carbonyl (C=O) groups is 1. The highest BCUT2D eigenvalue weighted by Crippen LogP contribution is 2.38. The molecule has 0 spiro atoms. The molecule has 0 radical (unpaired) electrons. The quantitative estimate of drug-likeness (QED) is 0.533. The number of rotatable bonds is 7. The maximum atomic E-state index is 13.6. The second kappa shape index (κ2) is 9.04. The van der Waals surface area contributed by atoms with Gasteiger partial charge in [0.25, 0.3) is 0 Å². The van der Waals surface area contributed by atoms with E-state index in [4.69, 9.17) is 9.31 Å². The van der Waals surface area contributed by atoms with Crippen LogP contribution < -0.4 is 5.46 Å². The molecule has 1 heterocycles. The van der Waals surface area contributed by atoms with Crippen molar-refractivity contribution in [3.63, 3.8) is 0 Å². The van der Waals surface area contributed by atoms with Crippen molar-refractivity contribution in [1.82, 2.24) is 4.90 Å². The van der Waals surface area contributed by atoms with E-state index in [0.29, 0.717) is 24.0 Å². The minimum Gasteiger partial charge on any atom is -0.399 e. The molecule has 8 heteroatoms. The topological polar surface area (TPSA) is 38.8 Å². The van der Waals surface area contributed by atoms with Gasteiger partial charge in [-0.15, -0.1) is 0 Å². The maximum absolute atomic E-state index is 13.6. The average Bonchev–Trinajstić information content (AvgIpc) is 3.57. The first-order valence-corrected chi connectivity index (χ1v) is 11.8. The van der Waals surface area contributed by atoms with Crippen LogP contribution >= 0.6 is 0 Å². The van der Waals surface area contributed by atoms with E-state index in [1.807, 2.05) is 58.0 Å². The third-order valence-corrected chi connectivity index (χ3v) is 7.09. The second-order valence-corrected chi connectivity index (χ2v) is 10.3. The summed E-state index contributed by atoms with van der Waals surface area (Å²) in [6.45, 7) is 8.11. The largest absolute Gasteiger partial charge is 0.495 e. The summed E-state index contributed by atoms with van der Waals surface area (Å²) in [5, 5.41) is 0. The van der Waals surface area contributed by atoms with Crippen LogP contribution in [-0.2, 0) is 33.2 Å². The molecule has 4 nitrogen and oxygen atoms in total. The molecule has 0 aromatic heterocycles. The van der Waals surface area contributed by atoms with E-state index in [0.717, 1.165) is 30.5 Å². The molecule has 0 atom stereocenters. The fourth-order valence-electron chi connectivity index (χ4n) is 4.09. The third kappa shape index (κ3) is 5.33. The summed E-state index contributed by atoms with van der Waals surface area (Å²) in [7, 11) is -0.811. The van der Waals surface area contributed by atoms with Gasteiger partial charge in [0.2, 0.25) is 5.91 Å². The molecule has 1 amide bonds. The molecule has 1 saturated carbocycles. The van der Waals surface area contributed by atoms with Gasteiger partial charge in [-0.1, -0.05) is 42.5 Å². The number of benzene rings is 2. The third-order valence-electron chi connectivity index (χ3n) is 7.09. The average molecular weight is 473 g/mol. The van der Waals surface area contributed by atoms with Gasteiger partial charge in [-0.25, -0.2) is 0 Å². The minimum atomic E-state index is -4.49. The zero-order valence-electron chi connectivity index (χ0n) is 20.1. The molecule has 2 aromatic rings. The molecule has 0 bridgehead atoms. The summed E-state index contributed by atoms with van der Waals surface area (Å²) in [6, 6.07) is 13.4. The van der Waals surface area contributed by atoms with Gasteiger partial charge in [0.05, 0.1) is 16.8 Å². The summed E-state index contributed by atoms with van der Waals surface area (Å²) in [5.41, 5.74) is -0.00514. The van der Waals surface area contributed by atoms with Crippen LogP contribution in [0.1, 0.15) is 57.2 Å². The lowest BCUT2D eigenvalue weighted by Crippen LogP contribution is -2.41. The number of amides is 1. The number of hydrogen-bond donors (Lipinski definition) is 0. The van der Waals surface area contributed by atoms with Gasteiger partial charge in [0.15, 0.2) is 0 Å². The highest BCUT2D eigenvalue weighted by molar-refractivity contribution is 6.62. The first kappa shape index (κ1) is 24.8. The Kier molecular flexibility index (Phi) is 6.59. The number of carbonyl (C=O) groups excluding carboxylic acids is 1. The molecule has 2 fully saturated rings. The van der Waals surface area contributed by atoms with Crippen molar-refractivity contribution >= 4 is 18.5 Å². The summed E-state index contributed by atoms with van der Waals surface area (Å²) >= 11 is 0. The molecule has 2 aliphatic rings. The van der Waals surface area contributed by atoms with Gasteiger partial charge in [0.1, 0.15) is 0 Å². The molecule has 0 N–H and O–H groups in total. The molecule has 2 aromatic carbocycles. The van der Waals surface area contributed by atoms with Crippen LogP contribution in [0.25, 0.3) is 0 Å². The van der Waals surface area contributed by atoms with E-state index in [9.17, 15) is 18.0 Å². The second-order valence-electron chi connectivity index (χ2n) is 10.3. The first-order chi connectivity index (χ1) is 15.9. The number of alkyl halides is 3. The van der Waals surface area contributed by atoms with Gasteiger partial charge in [0, 0.05) is 19.0 Å². The summed E-state index contributed by atoms with van der Waals surface area (Å²) in [4.78, 5) is 14.8. The molecule has 34 heavy (non-hydrogen) atoms.